The summed E-state index contributed by atoms with van der Waals surface area (Å²) in [5.74, 6) is 7.70. The van der Waals surface area contributed by atoms with Gasteiger partial charge in [0.15, 0.2) is 5.82 Å². The Morgan fingerprint density at radius 3 is 2.67 bits per heavy atom. The van der Waals surface area contributed by atoms with Crippen LogP contribution in [0, 0.1) is 0 Å². The summed E-state index contributed by atoms with van der Waals surface area (Å²) >= 11 is 1.36. The fourth-order valence-corrected chi connectivity index (χ4v) is 5.00. The molecule has 4 rings (SSSR count). The van der Waals surface area contributed by atoms with E-state index < -0.39 is 0 Å². The molecule has 0 atom stereocenters. The second-order valence-corrected chi connectivity index (χ2v) is 8.88. The van der Waals surface area contributed by atoms with E-state index in [9.17, 15) is 4.79 Å². The maximum atomic E-state index is 12.5. The van der Waals surface area contributed by atoms with Crippen LogP contribution in [0.3, 0.4) is 0 Å². The van der Waals surface area contributed by atoms with Crippen LogP contribution < -0.4 is 11.2 Å². The Kier molecular flexibility index (Phi) is 5.89. The van der Waals surface area contributed by atoms with Crippen LogP contribution in [0.1, 0.15) is 56.7 Å². The molecule has 9 heteroatoms. The summed E-state index contributed by atoms with van der Waals surface area (Å²) in [6.45, 7) is 4.23. The van der Waals surface area contributed by atoms with Gasteiger partial charge in [-0.25, -0.2) is 4.68 Å². The van der Waals surface area contributed by atoms with Gasteiger partial charge in [-0.3, -0.25) is 9.69 Å². The zero-order valence-corrected chi connectivity index (χ0v) is 16.7. The van der Waals surface area contributed by atoms with Gasteiger partial charge in [0.1, 0.15) is 0 Å². The first kappa shape index (κ1) is 19.0. The minimum absolute atomic E-state index is 0.0363. The number of carbonyl (C=O) groups excluding carboxylic acids is 1. The van der Waals surface area contributed by atoms with Crippen molar-refractivity contribution in [2.75, 3.05) is 44.4 Å². The quantitative estimate of drug-likeness (QED) is 0.528. The molecular weight excluding hydrogens is 364 g/mol. The van der Waals surface area contributed by atoms with Crippen molar-refractivity contribution < 1.29 is 9.53 Å². The van der Waals surface area contributed by atoms with E-state index in [-0.39, 0.29) is 11.4 Å². The number of nitrogen functional groups attached to an aromatic ring is 1. The van der Waals surface area contributed by atoms with Crippen LogP contribution in [0.4, 0.5) is 0 Å². The number of nitrogens with one attached hydrogen (secondary N) is 1. The van der Waals surface area contributed by atoms with E-state index in [0.717, 1.165) is 64.4 Å². The maximum Gasteiger partial charge on any atom is 0.230 e. The molecule has 8 nitrogen and oxygen atoms in total. The molecule has 1 amide bonds. The molecule has 1 aliphatic heterocycles. The lowest BCUT2D eigenvalue weighted by Crippen LogP contribution is -2.59. The molecule has 1 aromatic rings. The van der Waals surface area contributed by atoms with E-state index in [2.05, 4.69) is 20.4 Å². The van der Waals surface area contributed by atoms with Crippen molar-refractivity contribution in [3.05, 3.63) is 5.82 Å². The molecular formula is C18H30N6O2S. The number of ether oxygens (including phenoxy) is 1. The van der Waals surface area contributed by atoms with Gasteiger partial charge in [-0.1, -0.05) is 31.0 Å². The molecule has 2 saturated carbocycles. The lowest BCUT2D eigenvalue weighted by molar-refractivity contribution is -0.119. The van der Waals surface area contributed by atoms with Crippen molar-refractivity contribution >= 4 is 17.7 Å². The molecule has 150 valence electrons. The molecule has 1 aromatic heterocycles. The number of morpholine rings is 1. The fourth-order valence-electron chi connectivity index (χ4n) is 4.30. The maximum absolute atomic E-state index is 12.5. The van der Waals surface area contributed by atoms with Gasteiger partial charge >= 0.3 is 0 Å². The van der Waals surface area contributed by atoms with Gasteiger partial charge in [-0.2, -0.15) is 0 Å². The zero-order chi connectivity index (χ0) is 18.7. The fraction of sp³-hybridized carbons (Fsp3) is 0.833. The highest BCUT2D eigenvalue weighted by Crippen LogP contribution is 2.39. The highest BCUT2D eigenvalue weighted by molar-refractivity contribution is 7.99. The van der Waals surface area contributed by atoms with Crippen LogP contribution in [-0.2, 0) is 9.53 Å². The summed E-state index contributed by atoms with van der Waals surface area (Å²) in [4.78, 5) is 15.0. The van der Waals surface area contributed by atoms with E-state index in [1.165, 1.54) is 31.0 Å². The molecule has 2 heterocycles. The van der Waals surface area contributed by atoms with E-state index >= 15 is 0 Å². The number of amides is 1. The standard InChI is InChI=1S/C18H30N6O2S/c19-24-16(14-4-5-14)21-22-17(24)27-12-15(25)20-13-18(6-2-1-3-7-18)23-8-10-26-11-9-23/h14H,1-13,19H2,(H,20,25). The number of carbonyl (C=O) groups is 1. The zero-order valence-electron chi connectivity index (χ0n) is 15.9. The number of nitrogens with zero attached hydrogens (tertiary/aromatic N) is 4. The number of nitrogens with two attached hydrogens (primary N) is 1. The summed E-state index contributed by atoms with van der Waals surface area (Å²) in [6, 6.07) is 0. The minimum atomic E-state index is 0.0363. The average Bonchev–Trinajstić information content (AvgIpc) is 3.49. The monoisotopic (exact) mass is 394 g/mol. The van der Waals surface area contributed by atoms with Crippen LogP contribution in [-0.4, -0.2) is 69.8 Å². The smallest absolute Gasteiger partial charge is 0.230 e. The van der Waals surface area contributed by atoms with Crippen molar-refractivity contribution in [3.8, 4) is 0 Å². The highest BCUT2D eigenvalue weighted by atomic mass is 32.2. The Hall–Kier alpha value is -1.32. The molecule has 0 radical (unpaired) electrons. The third-order valence-electron chi connectivity index (χ3n) is 6.05. The number of aromatic nitrogens is 3. The van der Waals surface area contributed by atoms with E-state index in [1.54, 1.807) is 4.68 Å². The van der Waals surface area contributed by atoms with Gasteiger partial charge < -0.3 is 15.9 Å². The van der Waals surface area contributed by atoms with Gasteiger partial charge in [0.2, 0.25) is 11.1 Å². The number of rotatable bonds is 7. The lowest BCUT2D eigenvalue weighted by Gasteiger charge is -2.48. The third kappa shape index (κ3) is 4.41. The van der Waals surface area contributed by atoms with Crippen LogP contribution in [0.2, 0.25) is 0 Å². The summed E-state index contributed by atoms with van der Waals surface area (Å²) in [6.07, 6.45) is 8.34. The number of thioether (sulfide) groups is 1. The first-order valence-electron chi connectivity index (χ1n) is 10.1. The number of hydrogen-bond acceptors (Lipinski definition) is 7. The average molecular weight is 395 g/mol. The van der Waals surface area contributed by atoms with Gasteiger partial charge in [0.05, 0.1) is 19.0 Å². The third-order valence-corrected chi connectivity index (χ3v) is 6.99. The molecule has 27 heavy (non-hydrogen) atoms. The second kappa shape index (κ2) is 8.36. The van der Waals surface area contributed by atoms with Gasteiger partial charge in [-0.15, -0.1) is 10.2 Å². The van der Waals surface area contributed by atoms with Crippen molar-refractivity contribution in [1.82, 2.24) is 25.1 Å². The largest absolute Gasteiger partial charge is 0.379 e. The van der Waals surface area contributed by atoms with Crippen LogP contribution in [0.15, 0.2) is 5.16 Å². The SMILES string of the molecule is Nn1c(SCC(=O)NCC2(N3CCOCC3)CCCCC2)nnc1C1CC1. The molecule has 3 fully saturated rings. The topological polar surface area (TPSA) is 98.3 Å². The Bertz CT molecular complexity index is 650. The summed E-state index contributed by atoms with van der Waals surface area (Å²) in [7, 11) is 0. The summed E-state index contributed by atoms with van der Waals surface area (Å²) in [5, 5.41) is 12.1. The van der Waals surface area contributed by atoms with Crippen LogP contribution >= 0.6 is 11.8 Å². The van der Waals surface area contributed by atoms with Crippen LogP contribution in [0.25, 0.3) is 0 Å². The van der Waals surface area contributed by atoms with Gasteiger partial charge in [-0.05, 0) is 25.7 Å². The van der Waals surface area contributed by atoms with Crippen molar-refractivity contribution in [2.24, 2.45) is 0 Å². The molecule has 0 unspecified atom stereocenters. The highest BCUT2D eigenvalue weighted by Gasteiger charge is 2.38. The predicted octanol–water partition coefficient (Wildman–Crippen LogP) is 1.11. The predicted molar refractivity (Wildman–Crippen MR) is 104 cm³/mol. The second-order valence-electron chi connectivity index (χ2n) is 7.93. The van der Waals surface area contributed by atoms with Crippen molar-refractivity contribution in [3.63, 3.8) is 0 Å². The number of hydrogen-bond donors (Lipinski definition) is 2. The molecule has 2 aliphatic carbocycles. The first-order valence-corrected chi connectivity index (χ1v) is 11.1. The molecule has 3 aliphatic rings. The van der Waals surface area contributed by atoms with E-state index in [0.29, 0.717) is 16.8 Å². The van der Waals surface area contributed by atoms with Crippen molar-refractivity contribution in [1.29, 1.82) is 0 Å². The molecule has 0 bridgehead atoms. The van der Waals surface area contributed by atoms with E-state index in [4.69, 9.17) is 10.6 Å². The van der Waals surface area contributed by atoms with E-state index in [1.807, 2.05) is 0 Å². The van der Waals surface area contributed by atoms with Crippen LogP contribution in [0.5, 0.6) is 0 Å². The van der Waals surface area contributed by atoms with Gasteiger partial charge in [0.25, 0.3) is 0 Å². The summed E-state index contributed by atoms with van der Waals surface area (Å²) in [5.41, 5.74) is 0.0926. The molecule has 3 N–H and O–H groups in total. The van der Waals surface area contributed by atoms with Crippen molar-refractivity contribution in [2.45, 2.75) is 61.6 Å². The lowest BCUT2D eigenvalue weighted by atomic mass is 9.79. The molecule has 0 spiro atoms. The first-order chi connectivity index (χ1) is 13.2. The Morgan fingerprint density at radius 1 is 1.22 bits per heavy atom. The summed E-state index contributed by atoms with van der Waals surface area (Å²) < 4.78 is 7.07. The Morgan fingerprint density at radius 2 is 1.96 bits per heavy atom. The Balaban J connectivity index is 1.30. The van der Waals surface area contributed by atoms with Gasteiger partial charge in [0, 0.05) is 31.1 Å². The minimum Gasteiger partial charge on any atom is -0.379 e. The Labute approximate surface area is 164 Å². The molecule has 1 saturated heterocycles. The molecule has 0 aromatic carbocycles. The normalized spacial score (nSPS) is 23.3.